The number of ether oxygens (including phenoxy) is 2. The Morgan fingerprint density at radius 2 is 2.00 bits per heavy atom. The third-order valence-corrected chi connectivity index (χ3v) is 12.8. The maximum atomic E-state index is 15.1. The molecular weight excluding hydrogens is 678 g/mol. The summed E-state index contributed by atoms with van der Waals surface area (Å²) in [6.07, 6.45) is 8.98. The van der Waals surface area contributed by atoms with Crippen molar-refractivity contribution in [2.45, 2.75) is 74.9 Å². The Hall–Kier alpha value is -3.71. The van der Waals surface area contributed by atoms with Gasteiger partial charge in [0, 0.05) is 36.8 Å². The Bertz CT molecular complexity index is 2000. The first-order valence-electron chi connectivity index (χ1n) is 17.2. The molecule has 11 nitrogen and oxygen atoms in total. The highest BCUT2D eigenvalue weighted by Gasteiger charge is 2.44. The number of benzene rings is 2. The summed E-state index contributed by atoms with van der Waals surface area (Å²) in [5.74, 6) is -0.637. The monoisotopic (exact) mass is 721 g/mol. The molecule has 3 aromatic rings. The lowest BCUT2D eigenvalue weighted by molar-refractivity contribution is -0.137. The van der Waals surface area contributed by atoms with E-state index in [4.69, 9.17) is 21.1 Å². The van der Waals surface area contributed by atoms with Gasteiger partial charge in [-0.3, -0.25) is 19.0 Å². The Balaban J connectivity index is 1.37. The Morgan fingerprint density at radius 3 is 2.74 bits per heavy atom. The van der Waals surface area contributed by atoms with Crippen molar-refractivity contribution in [3.8, 4) is 5.75 Å². The molecule has 2 aromatic carbocycles. The van der Waals surface area contributed by atoms with Gasteiger partial charge in [0.2, 0.25) is 0 Å². The molecule has 2 N–H and O–H groups in total. The molecule has 1 aromatic heterocycles. The molecule has 13 heteroatoms. The minimum Gasteiger partial charge on any atom is -0.490 e. The van der Waals surface area contributed by atoms with Crippen LogP contribution in [0.15, 0.2) is 64.0 Å². The second kappa shape index (κ2) is 13.1. The van der Waals surface area contributed by atoms with Crippen LogP contribution in [0.5, 0.6) is 5.75 Å². The fourth-order valence-corrected chi connectivity index (χ4v) is 9.64. The molecular formula is C37H44ClN5O6S. The number of aryl methyl sites for hydroxylation is 3. The molecule has 50 heavy (non-hydrogen) atoms. The number of halogens is 1. The van der Waals surface area contributed by atoms with Crippen molar-refractivity contribution in [1.82, 2.24) is 14.5 Å². The van der Waals surface area contributed by atoms with Crippen molar-refractivity contribution in [3.05, 3.63) is 82.2 Å². The fourth-order valence-electron chi connectivity index (χ4n) is 7.84. The van der Waals surface area contributed by atoms with E-state index in [9.17, 15) is 14.7 Å². The number of rotatable bonds is 2. The van der Waals surface area contributed by atoms with E-state index in [1.165, 1.54) is 22.0 Å². The normalized spacial score (nSPS) is 29.8. The number of carbonyl (C=O) groups excluding carboxylic acids is 2. The van der Waals surface area contributed by atoms with Gasteiger partial charge in [-0.25, -0.2) is 4.21 Å². The minimum atomic E-state index is -3.91. The Kier molecular flexibility index (Phi) is 9.11. The van der Waals surface area contributed by atoms with Crippen molar-refractivity contribution < 1.29 is 28.4 Å². The van der Waals surface area contributed by atoms with Crippen molar-refractivity contribution in [2.75, 3.05) is 31.2 Å². The van der Waals surface area contributed by atoms with Crippen LogP contribution in [0, 0.1) is 18.8 Å². The third-order valence-electron chi connectivity index (χ3n) is 10.8. The van der Waals surface area contributed by atoms with E-state index in [-0.39, 0.29) is 34.3 Å². The topological polar surface area (TPSA) is 135 Å². The molecule has 2 amide bonds. The van der Waals surface area contributed by atoms with Gasteiger partial charge in [-0.1, -0.05) is 29.8 Å². The molecule has 2 bridgehead atoms. The first-order chi connectivity index (χ1) is 23.8. The van der Waals surface area contributed by atoms with E-state index >= 15 is 4.21 Å². The maximum absolute atomic E-state index is 15.1. The van der Waals surface area contributed by atoms with Crippen molar-refractivity contribution in [2.24, 2.45) is 23.2 Å². The Morgan fingerprint density at radius 1 is 1.18 bits per heavy atom. The lowest BCUT2D eigenvalue weighted by atomic mass is 9.68. The van der Waals surface area contributed by atoms with Crippen LogP contribution in [-0.4, -0.2) is 68.9 Å². The largest absolute Gasteiger partial charge is 0.490 e. The molecule has 1 fully saturated rings. The van der Waals surface area contributed by atoms with Gasteiger partial charge in [0.1, 0.15) is 11.4 Å². The summed E-state index contributed by atoms with van der Waals surface area (Å²) >= 11 is 6.44. The van der Waals surface area contributed by atoms with Crippen molar-refractivity contribution in [1.29, 1.82) is 0 Å². The fraction of sp³-hybridized carbons (Fsp3) is 0.486. The van der Waals surface area contributed by atoms with Crippen molar-refractivity contribution >= 4 is 39.0 Å². The average molecular weight is 722 g/mol. The number of fused-ring (bicyclic) bond motifs is 4. The predicted molar refractivity (Wildman–Crippen MR) is 191 cm³/mol. The number of hydrogen-bond acceptors (Lipinski definition) is 8. The van der Waals surface area contributed by atoms with Crippen LogP contribution in [0.2, 0.25) is 5.02 Å². The summed E-state index contributed by atoms with van der Waals surface area (Å²) < 4.78 is 35.9. The minimum absolute atomic E-state index is 0.0410. The molecule has 7 rings (SSSR count). The number of amides is 2. The number of carbonyl (C=O) groups is 2. The number of aromatic nitrogens is 2. The number of aliphatic hydroxyl groups is 1. The quantitative estimate of drug-likeness (QED) is 0.341. The molecule has 2 aliphatic heterocycles. The first-order valence-corrected chi connectivity index (χ1v) is 19.1. The number of nitrogens with one attached hydrogen (secondary N) is 1. The van der Waals surface area contributed by atoms with Gasteiger partial charge in [-0.15, -0.1) is 4.36 Å². The van der Waals surface area contributed by atoms with E-state index in [1.807, 2.05) is 6.07 Å². The summed E-state index contributed by atoms with van der Waals surface area (Å²) in [5.41, 5.74) is 1.97. The van der Waals surface area contributed by atoms with E-state index < -0.39 is 33.4 Å². The molecule has 4 aliphatic rings. The number of hydrogen-bond donors (Lipinski definition) is 2. The van der Waals surface area contributed by atoms with Crippen LogP contribution >= 0.6 is 11.6 Å². The van der Waals surface area contributed by atoms with Gasteiger partial charge in [-0.05, 0) is 106 Å². The lowest BCUT2D eigenvalue weighted by Crippen LogP contribution is -2.49. The zero-order valence-corrected chi connectivity index (χ0v) is 30.4. The lowest BCUT2D eigenvalue weighted by Gasteiger charge is -2.45. The van der Waals surface area contributed by atoms with Crippen LogP contribution < -0.4 is 14.4 Å². The van der Waals surface area contributed by atoms with Crippen LogP contribution in [0.25, 0.3) is 0 Å². The highest BCUT2D eigenvalue weighted by Crippen LogP contribution is 2.47. The van der Waals surface area contributed by atoms with Crippen LogP contribution in [-0.2, 0) is 38.3 Å². The standard InChI is InChI=1S/C37H44ClN5O6S/c1-23-29(20-42(4)39-23)34(45)40-50(47)27-11-14-33-31(18-27)43(21-37(22-48-33)15-5-7-24-17-26(38)10-13-30(24)37)19-25-9-12-28(25)32(44)8-6-16-49-36(2,3)35(46)41-50/h6,8,10-11,13-14,17-18,20,25,28,32,44H,5,7,9,12,15-16,19,21-22H2,1-4H3,(H,40,41,45,46,47)/b8-6+/t25-,28+,32-,37-,50-/m0/s1. The van der Waals surface area contributed by atoms with E-state index in [0.29, 0.717) is 41.8 Å². The Labute approximate surface area is 298 Å². The molecule has 0 radical (unpaired) electrons. The molecule has 2 aliphatic carbocycles. The summed E-state index contributed by atoms with van der Waals surface area (Å²) in [4.78, 5) is 29.9. The van der Waals surface area contributed by atoms with E-state index in [0.717, 1.165) is 32.1 Å². The summed E-state index contributed by atoms with van der Waals surface area (Å²) in [6.45, 7) is 6.49. The number of aliphatic hydroxyl groups excluding tert-OH is 1. The zero-order valence-electron chi connectivity index (χ0n) is 28.9. The molecule has 1 saturated carbocycles. The van der Waals surface area contributed by atoms with Crippen LogP contribution in [0.1, 0.15) is 66.7 Å². The van der Waals surface area contributed by atoms with Crippen LogP contribution in [0.4, 0.5) is 5.69 Å². The number of anilines is 1. The predicted octanol–water partition coefficient (Wildman–Crippen LogP) is 5.31. The van der Waals surface area contributed by atoms with E-state index in [1.54, 1.807) is 58.2 Å². The smallest absolute Gasteiger partial charge is 0.287 e. The van der Waals surface area contributed by atoms with Gasteiger partial charge in [-0.2, -0.15) is 5.10 Å². The molecule has 5 atom stereocenters. The third kappa shape index (κ3) is 6.47. The second-order valence-electron chi connectivity index (χ2n) is 14.6. The second-order valence-corrected chi connectivity index (χ2v) is 17.0. The summed E-state index contributed by atoms with van der Waals surface area (Å²) in [7, 11) is -2.22. The van der Waals surface area contributed by atoms with Gasteiger partial charge in [0.25, 0.3) is 11.8 Å². The van der Waals surface area contributed by atoms with Crippen molar-refractivity contribution in [3.63, 3.8) is 0 Å². The van der Waals surface area contributed by atoms with E-state index in [2.05, 4.69) is 31.2 Å². The van der Waals surface area contributed by atoms with Crippen LogP contribution in [0.3, 0.4) is 0 Å². The van der Waals surface area contributed by atoms with Gasteiger partial charge < -0.3 is 19.5 Å². The molecule has 0 saturated heterocycles. The van der Waals surface area contributed by atoms with Gasteiger partial charge in [0.05, 0.1) is 41.2 Å². The summed E-state index contributed by atoms with van der Waals surface area (Å²) in [5, 5.41) is 16.2. The average Bonchev–Trinajstić information content (AvgIpc) is 3.32. The first kappa shape index (κ1) is 34.7. The molecule has 3 heterocycles. The zero-order chi connectivity index (χ0) is 35.4. The molecule has 1 spiro atoms. The molecule has 266 valence electrons. The molecule has 0 unspecified atom stereocenters. The highest BCUT2D eigenvalue weighted by molar-refractivity contribution is 7.92. The number of nitrogens with zero attached hydrogens (tertiary/aromatic N) is 4. The summed E-state index contributed by atoms with van der Waals surface area (Å²) in [6, 6.07) is 11.2. The SMILES string of the molecule is Cc1nn(C)cc1C(=O)N[S@]1(=O)=NC(=O)C(C)(C)OC/C=C/[C@H](O)[C@@H]2CC[C@H]2CN2C[C@@]3(CCCc4cc(Cl)ccc43)COc3ccc1cc32. The maximum Gasteiger partial charge on any atom is 0.287 e. The van der Waals surface area contributed by atoms with Gasteiger partial charge in [0.15, 0.2) is 9.92 Å². The highest BCUT2D eigenvalue weighted by atomic mass is 35.5. The van der Waals surface area contributed by atoms with Gasteiger partial charge >= 0.3 is 0 Å².